The molecule has 1 fully saturated rings. The molecular weight excluding hydrogens is 419 g/mol. The molecule has 1 aliphatic heterocycles. The van der Waals surface area contributed by atoms with Crippen LogP contribution in [-0.4, -0.2) is 29.9 Å². The summed E-state index contributed by atoms with van der Waals surface area (Å²) in [5, 5.41) is 5.65. The van der Waals surface area contributed by atoms with Crippen molar-refractivity contribution in [2.24, 2.45) is 5.92 Å². The smallest absolute Gasteiger partial charge is 0.255 e. The van der Waals surface area contributed by atoms with Crippen molar-refractivity contribution >= 4 is 29.0 Å². The Labute approximate surface area is 192 Å². The fourth-order valence-electron chi connectivity index (χ4n) is 4.05. The second-order valence-corrected chi connectivity index (χ2v) is 8.41. The zero-order valence-corrected chi connectivity index (χ0v) is 18.8. The third kappa shape index (κ3) is 5.37. The van der Waals surface area contributed by atoms with Gasteiger partial charge in [0.05, 0.1) is 5.69 Å². The average Bonchev–Trinajstić information content (AvgIpc) is 2.82. The highest BCUT2D eigenvalue weighted by Gasteiger charge is 2.26. The van der Waals surface area contributed by atoms with Gasteiger partial charge in [-0.1, -0.05) is 29.8 Å². The van der Waals surface area contributed by atoms with Crippen molar-refractivity contribution in [2.75, 3.05) is 28.6 Å². The molecule has 7 heteroatoms. The average molecular weight is 447 g/mol. The number of aryl methyl sites for hydroxylation is 2. The molecule has 170 valence electrons. The van der Waals surface area contributed by atoms with Crippen LogP contribution in [0.15, 0.2) is 60.8 Å². The third-order valence-electron chi connectivity index (χ3n) is 5.96. The molecule has 0 spiro atoms. The molecule has 1 saturated heterocycles. The summed E-state index contributed by atoms with van der Waals surface area (Å²) < 4.78 is 13.8. The molecule has 2 N–H and O–H groups in total. The Morgan fingerprint density at radius 1 is 0.970 bits per heavy atom. The minimum Gasteiger partial charge on any atom is -0.357 e. The number of nitrogens with zero attached hydrogens (tertiary/aromatic N) is 2. The van der Waals surface area contributed by atoms with Gasteiger partial charge in [0.1, 0.15) is 11.6 Å². The molecule has 4 rings (SSSR count). The van der Waals surface area contributed by atoms with E-state index in [2.05, 4.69) is 26.6 Å². The molecule has 3 aromatic rings. The van der Waals surface area contributed by atoms with Crippen LogP contribution < -0.4 is 15.5 Å². The molecule has 6 nitrogen and oxygen atoms in total. The second-order valence-electron chi connectivity index (χ2n) is 8.41. The third-order valence-corrected chi connectivity index (χ3v) is 5.96. The minimum atomic E-state index is -0.485. The summed E-state index contributed by atoms with van der Waals surface area (Å²) in [6.07, 6.45) is 2.97. The Balaban J connectivity index is 1.36. The van der Waals surface area contributed by atoms with Gasteiger partial charge in [-0.2, -0.15) is 0 Å². The van der Waals surface area contributed by atoms with Crippen LogP contribution in [0.2, 0.25) is 0 Å². The predicted octanol–water partition coefficient (Wildman–Crippen LogP) is 4.94. The number of para-hydroxylation sites is 1. The molecule has 0 unspecified atom stereocenters. The van der Waals surface area contributed by atoms with Crippen molar-refractivity contribution in [3.63, 3.8) is 0 Å². The standard InChI is InChI=1S/C26H27FN4O2/c1-17-7-8-22(18(2)15-17)29-25(32)19-10-13-31(14-11-19)24-16-20(9-12-28-24)26(33)30-23-6-4-3-5-21(23)27/h3-9,12,15-16,19H,10-11,13-14H2,1-2H3,(H,29,32)(H,30,33). The lowest BCUT2D eigenvalue weighted by Crippen LogP contribution is -2.38. The summed E-state index contributed by atoms with van der Waals surface area (Å²) in [7, 11) is 0. The number of piperidine rings is 1. The van der Waals surface area contributed by atoms with E-state index < -0.39 is 11.7 Å². The molecule has 0 atom stereocenters. The molecule has 0 aliphatic carbocycles. The van der Waals surface area contributed by atoms with Gasteiger partial charge in [-0.05, 0) is 62.6 Å². The molecule has 0 radical (unpaired) electrons. The molecule has 2 amide bonds. The SMILES string of the molecule is Cc1ccc(NC(=O)C2CCN(c3cc(C(=O)Nc4ccccc4F)ccn3)CC2)c(C)c1. The van der Waals surface area contributed by atoms with Gasteiger partial charge in [0, 0.05) is 36.5 Å². The maximum atomic E-state index is 13.8. The Hall–Kier alpha value is -3.74. The van der Waals surface area contributed by atoms with E-state index in [-0.39, 0.29) is 17.5 Å². The largest absolute Gasteiger partial charge is 0.357 e. The van der Waals surface area contributed by atoms with Gasteiger partial charge in [0.15, 0.2) is 0 Å². The Bertz CT molecular complexity index is 1170. The van der Waals surface area contributed by atoms with E-state index in [9.17, 15) is 14.0 Å². The summed E-state index contributed by atoms with van der Waals surface area (Å²) in [5.74, 6) is -0.251. The quantitative estimate of drug-likeness (QED) is 0.582. The van der Waals surface area contributed by atoms with Crippen LogP contribution >= 0.6 is 0 Å². The minimum absolute atomic E-state index is 0.0348. The van der Waals surface area contributed by atoms with Gasteiger partial charge >= 0.3 is 0 Å². The van der Waals surface area contributed by atoms with Crippen LogP contribution in [0, 0.1) is 25.6 Å². The number of halogens is 1. The van der Waals surface area contributed by atoms with Crippen LogP contribution in [0.25, 0.3) is 0 Å². The number of hydrogen-bond acceptors (Lipinski definition) is 4. The van der Waals surface area contributed by atoms with Crippen LogP contribution in [0.5, 0.6) is 0 Å². The van der Waals surface area contributed by atoms with Crippen molar-refractivity contribution in [2.45, 2.75) is 26.7 Å². The summed E-state index contributed by atoms with van der Waals surface area (Å²) >= 11 is 0. The number of aromatic nitrogens is 1. The van der Waals surface area contributed by atoms with Crippen molar-refractivity contribution in [3.8, 4) is 0 Å². The zero-order valence-electron chi connectivity index (χ0n) is 18.8. The summed E-state index contributed by atoms with van der Waals surface area (Å²) in [4.78, 5) is 31.8. The number of carbonyl (C=O) groups is 2. The first-order valence-electron chi connectivity index (χ1n) is 11.1. The lowest BCUT2D eigenvalue weighted by Gasteiger charge is -2.32. The van der Waals surface area contributed by atoms with E-state index in [1.807, 2.05) is 26.0 Å². The maximum Gasteiger partial charge on any atom is 0.255 e. The summed E-state index contributed by atoms with van der Waals surface area (Å²) in [5.41, 5.74) is 3.60. The number of benzene rings is 2. The number of pyridine rings is 1. The Morgan fingerprint density at radius 2 is 1.73 bits per heavy atom. The lowest BCUT2D eigenvalue weighted by molar-refractivity contribution is -0.120. The fourth-order valence-corrected chi connectivity index (χ4v) is 4.05. The normalized spacial score (nSPS) is 14.1. The summed E-state index contributed by atoms with van der Waals surface area (Å²) in [6.45, 7) is 5.35. The monoisotopic (exact) mass is 446 g/mol. The lowest BCUT2D eigenvalue weighted by atomic mass is 9.95. The van der Waals surface area contributed by atoms with Gasteiger partial charge in [-0.3, -0.25) is 9.59 Å². The first-order chi connectivity index (χ1) is 15.9. The first kappa shape index (κ1) is 22.5. The molecule has 0 saturated carbocycles. The van der Waals surface area contributed by atoms with E-state index in [0.29, 0.717) is 37.3 Å². The summed E-state index contributed by atoms with van der Waals surface area (Å²) in [6, 6.07) is 15.3. The Kier molecular flexibility index (Phi) is 6.68. The van der Waals surface area contributed by atoms with Crippen LogP contribution in [0.4, 0.5) is 21.6 Å². The number of anilines is 3. The molecule has 33 heavy (non-hydrogen) atoms. The highest BCUT2D eigenvalue weighted by Crippen LogP contribution is 2.25. The van der Waals surface area contributed by atoms with Crippen LogP contribution in [0.3, 0.4) is 0 Å². The van der Waals surface area contributed by atoms with Crippen molar-refractivity contribution in [3.05, 3.63) is 83.3 Å². The Morgan fingerprint density at radius 3 is 2.45 bits per heavy atom. The molecule has 1 aromatic heterocycles. The van der Waals surface area contributed by atoms with Gasteiger partial charge in [0.2, 0.25) is 5.91 Å². The number of amides is 2. The zero-order chi connectivity index (χ0) is 23.4. The van der Waals surface area contributed by atoms with Crippen LogP contribution in [-0.2, 0) is 4.79 Å². The fraction of sp³-hybridized carbons (Fsp3) is 0.269. The number of rotatable bonds is 5. The van der Waals surface area contributed by atoms with E-state index in [1.165, 1.54) is 12.1 Å². The van der Waals surface area contributed by atoms with E-state index >= 15 is 0 Å². The second kappa shape index (κ2) is 9.81. The van der Waals surface area contributed by atoms with Crippen LogP contribution in [0.1, 0.15) is 34.3 Å². The van der Waals surface area contributed by atoms with E-state index in [0.717, 1.165) is 16.8 Å². The molecule has 0 bridgehead atoms. The van der Waals surface area contributed by atoms with Gasteiger partial charge in [0.25, 0.3) is 5.91 Å². The highest BCUT2D eigenvalue weighted by molar-refractivity contribution is 6.04. The molecule has 2 heterocycles. The van der Waals surface area contributed by atoms with Gasteiger partial charge < -0.3 is 15.5 Å². The predicted molar refractivity (Wildman–Crippen MR) is 128 cm³/mol. The van der Waals surface area contributed by atoms with Crippen molar-refractivity contribution in [1.29, 1.82) is 0 Å². The number of nitrogens with one attached hydrogen (secondary N) is 2. The van der Waals surface area contributed by atoms with Gasteiger partial charge in [-0.15, -0.1) is 0 Å². The number of carbonyl (C=O) groups excluding carboxylic acids is 2. The molecular formula is C26H27FN4O2. The van der Waals surface area contributed by atoms with Gasteiger partial charge in [-0.25, -0.2) is 9.37 Å². The maximum absolute atomic E-state index is 13.8. The topological polar surface area (TPSA) is 74.3 Å². The molecule has 2 aromatic carbocycles. The van der Waals surface area contributed by atoms with Crippen molar-refractivity contribution in [1.82, 2.24) is 4.98 Å². The highest BCUT2D eigenvalue weighted by atomic mass is 19.1. The molecule has 1 aliphatic rings. The van der Waals surface area contributed by atoms with E-state index in [1.54, 1.807) is 30.5 Å². The number of hydrogen-bond donors (Lipinski definition) is 2. The first-order valence-corrected chi connectivity index (χ1v) is 11.1. The van der Waals surface area contributed by atoms with Crippen molar-refractivity contribution < 1.29 is 14.0 Å². The van der Waals surface area contributed by atoms with E-state index in [4.69, 9.17) is 0 Å².